The van der Waals surface area contributed by atoms with Gasteiger partial charge in [0.05, 0.1) is 18.3 Å². The lowest BCUT2D eigenvalue weighted by molar-refractivity contribution is -0.139. The molecule has 2 rings (SSSR count). The van der Waals surface area contributed by atoms with E-state index in [1.165, 1.54) is 141 Å². The normalized spacial score (nSPS) is 22.1. The van der Waals surface area contributed by atoms with Crippen LogP contribution in [0, 0.1) is 11.8 Å². The lowest BCUT2D eigenvalue weighted by Gasteiger charge is -2.41. The average molecular weight is 691 g/mol. The summed E-state index contributed by atoms with van der Waals surface area (Å²) in [6.07, 6.45) is 34.4. The van der Waals surface area contributed by atoms with Crippen molar-refractivity contribution < 1.29 is 18.7 Å². The van der Waals surface area contributed by atoms with Gasteiger partial charge in [0.1, 0.15) is 6.10 Å². The molecule has 2 aliphatic rings. The Kier molecular flexibility index (Phi) is 21.5. The summed E-state index contributed by atoms with van der Waals surface area (Å²) in [6, 6.07) is 0. The van der Waals surface area contributed by atoms with Crippen molar-refractivity contribution in [2.24, 2.45) is 11.8 Å². The summed E-state index contributed by atoms with van der Waals surface area (Å²) >= 11 is 0. The standard InChI is InChI=1S/C43H82O4Si/c1-10-11-12-13-14-15-16-20-23-26-29-36(3)39-31-32-40(46-39)41(47-48(8,9)43(5,6)7)30-27-24-21-18-17-19-22-25-28-35(2)33-38-34-37(4)45-42(38)44/h34-37,39-41H,10-33H2,1-9H3/t35-,36-,37+,39+,40-,41-/m1/s1. The van der Waals surface area contributed by atoms with Crippen molar-refractivity contribution in [3.05, 3.63) is 11.6 Å². The molecular weight excluding hydrogens is 609 g/mol. The Bertz CT molecular complexity index is 877. The zero-order chi connectivity index (χ0) is 35.4. The molecule has 2 heterocycles. The zero-order valence-corrected chi connectivity index (χ0v) is 34.6. The van der Waals surface area contributed by atoms with Gasteiger partial charge in [-0.2, -0.15) is 0 Å². The van der Waals surface area contributed by atoms with E-state index in [9.17, 15) is 4.79 Å². The zero-order valence-electron chi connectivity index (χ0n) is 33.6. The van der Waals surface area contributed by atoms with Gasteiger partial charge in [-0.3, -0.25) is 0 Å². The highest BCUT2D eigenvalue weighted by Crippen LogP contribution is 2.40. The number of carbonyl (C=O) groups excluding carboxylic acids is 1. The van der Waals surface area contributed by atoms with E-state index < -0.39 is 8.32 Å². The van der Waals surface area contributed by atoms with Crippen molar-refractivity contribution in [2.75, 3.05) is 0 Å². The van der Waals surface area contributed by atoms with E-state index in [4.69, 9.17) is 13.9 Å². The van der Waals surface area contributed by atoms with Crippen LogP contribution in [0.4, 0.5) is 0 Å². The summed E-state index contributed by atoms with van der Waals surface area (Å²) in [5, 5.41) is 0.224. The van der Waals surface area contributed by atoms with Crippen LogP contribution in [0.2, 0.25) is 18.1 Å². The quantitative estimate of drug-likeness (QED) is 0.0466. The third-order valence-corrected chi connectivity index (χ3v) is 16.4. The van der Waals surface area contributed by atoms with Gasteiger partial charge in [0.2, 0.25) is 0 Å². The first-order valence-electron chi connectivity index (χ1n) is 21.1. The predicted molar refractivity (Wildman–Crippen MR) is 209 cm³/mol. The lowest BCUT2D eigenvalue weighted by Crippen LogP contribution is -2.47. The van der Waals surface area contributed by atoms with Gasteiger partial charge in [0.25, 0.3) is 0 Å². The number of cyclic esters (lactones) is 1. The molecule has 0 N–H and O–H groups in total. The van der Waals surface area contributed by atoms with Crippen LogP contribution in [0.15, 0.2) is 11.6 Å². The van der Waals surface area contributed by atoms with Gasteiger partial charge in [0.15, 0.2) is 8.32 Å². The largest absolute Gasteiger partial charge is 0.455 e. The third-order valence-electron chi connectivity index (χ3n) is 11.9. The lowest BCUT2D eigenvalue weighted by atomic mass is 9.94. The molecule has 0 aliphatic carbocycles. The molecule has 0 amide bonds. The van der Waals surface area contributed by atoms with Gasteiger partial charge in [0, 0.05) is 5.57 Å². The van der Waals surface area contributed by atoms with Crippen molar-refractivity contribution in [1.82, 2.24) is 0 Å². The minimum absolute atomic E-state index is 0.0450. The van der Waals surface area contributed by atoms with Crippen molar-refractivity contribution in [3.8, 4) is 0 Å². The van der Waals surface area contributed by atoms with Gasteiger partial charge < -0.3 is 13.9 Å². The first kappa shape index (κ1) is 43.5. The van der Waals surface area contributed by atoms with Gasteiger partial charge in [-0.05, 0) is 75.1 Å². The van der Waals surface area contributed by atoms with Crippen LogP contribution in [-0.2, 0) is 18.7 Å². The highest BCUT2D eigenvalue weighted by molar-refractivity contribution is 6.74. The maximum atomic E-state index is 11.9. The molecule has 0 spiro atoms. The fourth-order valence-electron chi connectivity index (χ4n) is 7.55. The van der Waals surface area contributed by atoms with E-state index in [2.05, 4.69) is 54.6 Å². The van der Waals surface area contributed by atoms with Gasteiger partial charge in [-0.1, -0.05) is 164 Å². The van der Waals surface area contributed by atoms with E-state index in [0.29, 0.717) is 17.9 Å². The number of ether oxygens (including phenoxy) is 2. The molecule has 282 valence electrons. The Morgan fingerprint density at radius 1 is 0.750 bits per heavy atom. The van der Waals surface area contributed by atoms with E-state index >= 15 is 0 Å². The fraction of sp³-hybridized carbons (Fsp3) is 0.930. The molecule has 0 unspecified atom stereocenters. The van der Waals surface area contributed by atoms with Crippen molar-refractivity contribution in [3.63, 3.8) is 0 Å². The Labute approximate surface area is 300 Å². The van der Waals surface area contributed by atoms with E-state index in [0.717, 1.165) is 18.4 Å². The average Bonchev–Trinajstić information content (AvgIpc) is 3.63. The monoisotopic (exact) mass is 691 g/mol. The number of rotatable bonds is 28. The number of hydrogen-bond donors (Lipinski definition) is 0. The SMILES string of the molecule is CCCCCCCCCCCC[C@@H](C)[C@@H]1CC[C@H]([C@@H](CCCCCCCCCC[C@@H](C)CC2=C[C@H](C)OC2=O)O[Si](C)(C)C(C)(C)C)O1. The molecule has 0 aromatic heterocycles. The number of carbonyl (C=O) groups is 1. The minimum Gasteiger partial charge on any atom is -0.455 e. The third kappa shape index (κ3) is 17.5. The molecule has 48 heavy (non-hydrogen) atoms. The van der Waals surface area contributed by atoms with E-state index in [1.54, 1.807) is 0 Å². The minimum atomic E-state index is -1.86. The molecule has 0 bridgehead atoms. The van der Waals surface area contributed by atoms with Crippen LogP contribution in [-0.4, -0.2) is 38.7 Å². The molecular formula is C43H82O4Si. The summed E-state index contributed by atoms with van der Waals surface area (Å²) in [5.74, 6) is 1.12. The van der Waals surface area contributed by atoms with Gasteiger partial charge in [-0.25, -0.2) is 4.79 Å². The van der Waals surface area contributed by atoms with Gasteiger partial charge >= 0.3 is 5.97 Å². The maximum absolute atomic E-state index is 11.9. The number of unbranched alkanes of at least 4 members (excludes halogenated alkanes) is 16. The number of esters is 1. The molecule has 5 heteroatoms. The molecule has 0 aromatic carbocycles. The first-order chi connectivity index (χ1) is 22.8. The smallest absolute Gasteiger partial charge is 0.334 e. The van der Waals surface area contributed by atoms with Crippen LogP contribution >= 0.6 is 0 Å². The summed E-state index contributed by atoms with van der Waals surface area (Å²) in [7, 11) is -1.86. The fourth-order valence-corrected chi connectivity index (χ4v) is 8.93. The molecule has 4 nitrogen and oxygen atoms in total. The second-order valence-corrected chi connectivity index (χ2v) is 22.4. The highest BCUT2D eigenvalue weighted by atomic mass is 28.4. The Balaban J connectivity index is 1.63. The second-order valence-electron chi connectivity index (χ2n) is 17.7. The van der Waals surface area contributed by atoms with Crippen LogP contribution in [0.1, 0.15) is 203 Å². The highest BCUT2D eigenvalue weighted by Gasteiger charge is 2.42. The Morgan fingerprint density at radius 2 is 1.23 bits per heavy atom. The Hall–Kier alpha value is -0.653. The molecule has 0 saturated carbocycles. The molecule has 6 atom stereocenters. The number of hydrogen-bond acceptors (Lipinski definition) is 4. The summed E-state index contributed by atoms with van der Waals surface area (Å²) in [6.45, 7) is 20.9. The predicted octanol–water partition coefficient (Wildman–Crippen LogP) is 13.7. The molecule has 1 fully saturated rings. The second kappa shape index (κ2) is 23.8. The molecule has 0 aromatic rings. The topological polar surface area (TPSA) is 44.8 Å². The van der Waals surface area contributed by atoms with Crippen LogP contribution in [0.3, 0.4) is 0 Å². The maximum Gasteiger partial charge on any atom is 0.334 e. The van der Waals surface area contributed by atoms with Crippen LogP contribution < -0.4 is 0 Å². The van der Waals surface area contributed by atoms with Crippen LogP contribution in [0.25, 0.3) is 0 Å². The van der Waals surface area contributed by atoms with E-state index in [-0.39, 0.29) is 29.3 Å². The molecule has 2 aliphatic heterocycles. The van der Waals surface area contributed by atoms with E-state index in [1.807, 2.05) is 13.0 Å². The summed E-state index contributed by atoms with van der Waals surface area (Å²) < 4.78 is 19.2. The van der Waals surface area contributed by atoms with Gasteiger partial charge in [-0.15, -0.1) is 0 Å². The van der Waals surface area contributed by atoms with Crippen molar-refractivity contribution >= 4 is 14.3 Å². The van der Waals surface area contributed by atoms with Crippen molar-refractivity contribution in [2.45, 2.75) is 245 Å². The summed E-state index contributed by atoms with van der Waals surface area (Å²) in [4.78, 5) is 11.9. The van der Waals surface area contributed by atoms with Crippen molar-refractivity contribution in [1.29, 1.82) is 0 Å². The Morgan fingerprint density at radius 3 is 1.73 bits per heavy atom. The first-order valence-corrected chi connectivity index (χ1v) is 24.0. The molecule has 0 radical (unpaired) electrons. The molecule has 1 saturated heterocycles. The van der Waals surface area contributed by atoms with Crippen LogP contribution in [0.5, 0.6) is 0 Å². The summed E-state index contributed by atoms with van der Waals surface area (Å²) in [5.41, 5.74) is 0.889.